The van der Waals surface area contributed by atoms with E-state index >= 15 is 0 Å². The van der Waals surface area contributed by atoms with Crippen molar-refractivity contribution in [1.29, 1.82) is 10.5 Å². The molecule has 0 radical (unpaired) electrons. The summed E-state index contributed by atoms with van der Waals surface area (Å²) in [6.07, 6.45) is 0. The van der Waals surface area contributed by atoms with Gasteiger partial charge in [0.25, 0.3) is 0 Å². The fourth-order valence-corrected chi connectivity index (χ4v) is 6.28. The van der Waals surface area contributed by atoms with Gasteiger partial charge in [0.1, 0.15) is 23.3 Å². The van der Waals surface area contributed by atoms with Crippen LogP contribution < -0.4 is 20.9 Å². The molecule has 0 bridgehead atoms. The van der Waals surface area contributed by atoms with Gasteiger partial charge in [-0.1, -0.05) is 24.3 Å². The van der Waals surface area contributed by atoms with E-state index in [2.05, 4.69) is 12.1 Å². The minimum atomic E-state index is -0.416. The van der Waals surface area contributed by atoms with E-state index in [0.717, 1.165) is 33.0 Å². The summed E-state index contributed by atoms with van der Waals surface area (Å²) >= 11 is 3.10. The predicted octanol–water partition coefficient (Wildman–Crippen LogP) is 5.40. The Morgan fingerprint density at radius 1 is 0.706 bits per heavy atom. The molecule has 8 heteroatoms. The predicted molar refractivity (Wildman–Crippen MR) is 131 cm³/mol. The molecule has 0 aliphatic carbocycles. The second-order valence-electron chi connectivity index (χ2n) is 7.99. The van der Waals surface area contributed by atoms with Crippen molar-refractivity contribution in [3.63, 3.8) is 0 Å². The van der Waals surface area contributed by atoms with Crippen LogP contribution in [-0.2, 0) is 0 Å². The molecule has 4 aromatic rings. The fourth-order valence-electron chi connectivity index (χ4n) is 4.91. The summed E-state index contributed by atoms with van der Waals surface area (Å²) in [4.78, 5) is 0. The average molecular weight is 481 g/mol. The van der Waals surface area contributed by atoms with Gasteiger partial charge < -0.3 is 20.9 Å². The van der Waals surface area contributed by atoms with Crippen molar-refractivity contribution in [1.82, 2.24) is 0 Å². The Morgan fingerprint density at radius 3 is 1.50 bits per heavy atom. The van der Waals surface area contributed by atoms with Crippen molar-refractivity contribution in [3.8, 4) is 23.6 Å². The maximum absolute atomic E-state index is 9.98. The summed E-state index contributed by atoms with van der Waals surface area (Å²) in [5, 5.41) is 29.8. The number of rotatable bonds is 2. The molecule has 6 rings (SSSR count). The molecule has 0 saturated heterocycles. The maximum Gasteiger partial charge on any atom is 0.205 e. The third-order valence-corrected chi connectivity index (χ3v) is 7.71. The number of allylic oxidation sites excluding steroid dienone is 2. The van der Waals surface area contributed by atoms with Gasteiger partial charge in [-0.15, -0.1) is 0 Å². The number of ether oxygens (including phenoxy) is 2. The molecule has 2 aliphatic heterocycles. The molecule has 0 fully saturated rings. The van der Waals surface area contributed by atoms with E-state index in [1.165, 1.54) is 0 Å². The van der Waals surface area contributed by atoms with Crippen LogP contribution in [0.5, 0.6) is 11.5 Å². The molecule has 164 valence electrons. The number of nitrogens with zero attached hydrogens (tertiary/aromatic N) is 2. The molecule has 4 heterocycles. The van der Waals surface area contributed by atoms with Gasteiger partial charge in [0.05, 0.1) is 11.8 Å². The zero-order valence-electron chi connectivity index (χ0n) is 17.6. The Morgan fingerprint density at radius 2 is 1.15 bits per heavy atom. The van der Waals surface area contributed by atoms with Crippen molar-refractivity contribution in [2.24, 2.45) is 11.5 Å². The van der Waals surface area contributed by atoms with Crippen LogP contribution in [0, 0.1) is 22.7 Å². The summed E-state index contributed by atoms with van der Waals surface area (Å²) < 4.78 is 12.2. The minimum absolute atomic E-state index is 0.0352. The zero-order valence-corrected chi connectivity index (χ0v) is 19.2. The topological polar surface area (TPSA) is 118 Å². The second-order valence-corrected chi connectivity index (χ2v) is 9.55. The quantitative estimate of drug-likeness (QED) is 0.397. The van der Waals surface area contributed by atoms with Gasteiger partial charge in [0, 0.05) is 11.1 Å². The molecule has 34 heavy (non-hydrogen) atoms. The number of hydrogen-bond acceptors (Lipinski definition) is 8. The van der Waals surface area contributed by atoms with Gasteiger partial charge in [-0.05, 0) is 55.6 Å². The molecule has 2 aromatic heterocycles. The van der Waals surface area contributed by atoms with E-state index < -0.39 is 11.8 Å². The smallest absolute Gasteiger partial charge is 0.205 e. The van der Waals surface area contributed by atoms with Crippen LogP contribution in [-0.4, -0.2) is 0 Å². The van der Waals surface area contributed by atoms with Crippen LogP contribution in [0.2, 0.25) is 0 Å². The molecule has 6 nitrogen and oxygen atoms in total. The third-order valence-electron chi connectivity index (χ3n) is 6.31. The highest BCUT2D eigenvalue weighted by Crippen LogP contribution is 2.57. The van der Waals surface area contributed by atoms with E-state index in [0.29, 0.717) is 22.6 Å². The summed E-state index contributed by atoms with van der Waals surface area (Å²) in [5.74, 6) is 0.103. The van der Waals surface area contributed by atoms with Gasteiger partial charge in [-0.2, -0.15) is 33.2 Å². The lowest BCUT2D eigenvalue weighted by Crippen LogP contribution is -2.26. The van der Waals surface area contributed by atoms with Crippen LogP contribution in [0.1, 0.15) is 34.1 Å². The number of benzene rings is 2. The second kappa shape index (κ2) is 7.67. The van der Waals surface area contributed by atoms with Crippen molar-refractivity contribution in [2.75, 3.05) is 0 Å². The van der Waals surface area contributed by atoms with Crippen molar-refractivity contribution >= 4 is 33.4 Å². The summed E-state index contributed by atoms with van der Waals surface area (Å²) in [7, 11) is 0. The normalized spacial score (nSPS) is 19.0. The molecule has 0 amide bonds. The molecule has 0 saturated carbocycles. The first kappa shape index (κ1) is 20.4. The Balaban J connectivity index is 1.76. The molecular weight excluding hydrogens is 464 g/mol. The largest absolute Gasteiger partial charge is 0.436 e. The van der Waals surface area contributed by atoms with Gasteiger partial charge in [0.2, 0.25) is 11.8 Å². The van der Waals surface area contributed by atoms with Crippen LogP contribution in [0.3, 0.4) is 0 Å². The lowest BCUT2D eigenvalue weighted by molar-refractivity contribution is 0.337. The van der Waals surface area contributed by atoms with Gasteiger partial charge in [-0.25, -0.2) is 0 Å². The highest BCUT2D eigenvalue weighted by Gasteiger charge is 2.41. The average Bonchev–Trinajstić information content (AvgIpc) is 3.57. The van der Waals surface area contributed by atoms with Crippen LogP contribution in [0.4, 0.5) is 0 Å². The Bertz CT molecular complexity index is 1480. The highest BCUT2D eigenvalue weighted by molar-refractivity contribution is 7.08. The number of hydrogen-bond donors (Lipinski definition) is 2. The van der Waals surface area contributed by atoms with Crippen molar-refractivity contribution < 1.29 is 9.47 Å². The first-order valence-electron chi connectivity index (χ1n) is 10.4. The Kier molecular flexibility index (Phi) is 4.59. The summed E-state index contributed by atoms with van der Waals surface area (Å²) in [5.41, 5.74) is 16.8. The SMILES string of the molecule is N#CC1=C(N)Oc2c3c(c4ccccc4c2[C@@H]1c1ccsc1)[C@H](c1ccsc1)C(C#N)=C(N)O3. The van der Waals surface area contributed by atoms with E-state index in [4.69, 9.17) is 20.9 Å². The zero-order chi connectivity index (χ0) is 23.4. The molecule has 0 spiro atoms. The Labute approximate surface area is 203 Å². The third kappa shape index (κ3) is 2.77. The molecule has 2 aromatic carbocycles. The molecule has 2 aliphatic rings. The first-order chi connectivity index (χ1) is 16.6. The lowest BCUT2D eigenvalue weighted by atomic mass is 9.76. The number of nitriles is 2. The minimum Gasteiger partial charge on any atom is -0.436 e. The van der Waals surface area contributed by atoms with Crippen molar-refractivity contribution in [3.05, 3.63) is 103 Å². The lowest BCUT2D eigenvalue weighted by Gasteiger charge is -2.34. The van der Waals surface area contributed by atoms with Crippen LogP contribution in [0.15, 0.2) is 80.8 Å². The number of fused-ring (bicyclic) bond motifs is 6. The molecular formula is C26H16N4O2S2. The summed E-state index contributed by atoms with van der Waals surface area (Å²) in [6.45, 7) is 0. The first-order valence-corrected chi connectivity index (χ1v) is 12.3. The van der Waals surface area contributed by atoms with Crippen molar-refractivity contribution in [2.45, 2.75) is 11.8 Å². The highest BCUT2D eigenvalue weighted by atomic mass is 32.1. The van der Waals surface area contributed by atoms with E-state index in [-0.39, 0.29) is 11.8 Å². The fraction of sp³-hybridized carbons (Fsp3) is 0.0769. The van der Waals surface area contributed by atoms with Crippen LogP contribution >= 0.6 is 22.7 Å². The molecule has 0 unspecified atom stereocenters. The standard InChI is InChI=1S/C26H16N4O2S2/c27-9-17-19(13-5-7-33-11-13)21-15-3-1-2-4-16(15)22-20(14-6-8-34-12-14)18(10-28)26(30)32-24(22)23(21)31-25(17)29/h1-8,11-12,19-20H,29-30H2/t19-,20-/m1/s1. The van der Waals surface area contributed by atoms with E-state index in [1.807, 2.05) is 57.9 Å². The van der Waals surface area contributed by atoms with Gasteiger partial charge in [0.15, 0.2) is 11.5 Å². The number of thiophene rings is 2. The van der Waals surface area contributed by atoms with Gasteiger partial charge >= 0.3 is 0 Å². The van der Waals surface area contributed by atoms with E-state index in [1.54, 1.807) is 22.7 Å². The summed E-state index contributed by atoms with van der Waals surface area (Å²) in [6, 6.07) is 16.4. The van der Waals surface area contributed by atoms with E-state index in [9.17, 15) is 10.5 Å². The number of nitrogens with two attached hydrogens (primary N) is 2. The molecule has 4 N–H and O–H groups in total. The van der Waals surface area contributed by atoms with Crippen LogP contribution in [0.25, 0.3) is 10.8 Å². The Hall–Kier alpha value is -4.24. The monoisotopic (exact) mass is 480 g/mol. The maximum atomic E-state index is 9.98. The van der Waals surface area contributed by atoms with Gasteiger partial charge in [-0.3, -0.25) is 0 Å². The molecule has 2 atom stereocenters.